The van der Waals surface area contributed by atoms with E-state index in [1.165, 1.54) is 0 Å². The van der Waals surface area contributed by atoms with Gasteiger partial charge in [0.25, 0.3) is 0 Å². The lowest BCUT2D eigenvalue weighted by Gasteiger charge is -2.10. The number of hydrogen-bond donors (Lipinski definition) is 2. The summed E-state index contributed by atoms with van der Waals surface area (Å²) in [5.41, 5.74) is 4.53. The number of anilines is 3. The van der Waals surface area contributed by atoms with Crippen LogP contribution in [-0.4, -0.2) is 15.9 Å². The van der Waals surface area contributed by atoms with Crippen LogP contribution < -0.4 is 10.6 Å². The van der Waals surface area contributed by atoms with Gasteiger partial charge in [-0.15, -0.1) is 0 Å². The van der Waals surface area contributed by atoms with E-state index in [1.807, 2.05) is 84.9 Å². The second-order valence-corrected chi connectivity index (χ2v) is 7.72. The largest absolute Gasteiger partial charge is 0.340 e. The highest BCUT2D eigenvalue weighted by Crippen LogP contribution is 2.23. The van der Waals surface area contributed by atoms with E-state index in [9.17, 15) is 4.79 Å². The van der Waals surface area contributed by atoms with E-state index in [-0.39, 0.29) is 5.91 Å². The molecular weight excluding hydrogens is 408 g/mol. The number of aromatic nitrogens is 2. The quantitative estimate of drug-likeness (QED) is 0.335. The lowest BCUT2D eigenvalue weighted by Crippen LogP contribution is -2.14. The molecule has 1 aromatic heterocycles. The van der Waals surface area contributed by atoms with Crippen LogP contribution >= 0.6 is 0 Å². The zero-order chi connectivity index (χ0) is 22.5. The smallest absolute Gasteiger partial charge is 0.228 e. The summed E-state index contributed by atoms with van der Waals surface area (Å²) < 4.78 is 0. The highest BCUT2D eigenvalue weighted by atomic mass is 16.1. The van der Waals surface area contributed by atoms with Gasteiger partial charge in [0.05, 0.1) is 12.1 Å². The van der Waals surface area contributed by atoms with Crippen LogP contribution in [0.3, 0.4) is 0 Å². The maximum absolute atomic E-state index is 12.6. The molecule has 0 spiro atoms. The molecule has 0 saturated carbocycles. The van der Waals surface area contributed by atoms with Gasteiger partial charge in [-0.3, -0.25) is 4.79 Å². The highest BCUT2D eigenvalue weighted by molar-refractivity contribution is 5.96. The first-order valence-electron chi connectivity index (χ1n) is 10.8. The molecular formula is C28H22N4O. The van der Waals surface area contributed by atoms with Crippen molar-refractivity contribution >= 4 is 33.9 Å². The Balaban J connectivity index is 1.24. The Hall–Kier alpha value is -4.51. The summed E-state index contributed by atoms with van der Waals surface area (Å²) in [6, 6.07) is 33.6. The van der Waals surface area contributed by atoms with Gasteiger partial charge < -0.3 is 10.6 Å². The molecule has 0 aliphatic carbocycles. The van der Waals surface area contributed by atoms with Crippen molar-refractivity contribution in [2.45, 2.75) is 6.42 Å². The number of benzene rings is 4. The standard InChI is InChI=1S/C28H22N4O/c33-28(17-22-11-6-10-20-7-4-5-12-25(20)22)32-24-15-13-23(14-16-24)31-27-18-26(29-19-30-27)21-8-2-1-3-9-21/h1-16,18-19H,17H2,(H,32,33)(H,29,30,31). The van der Waals surface area contributed by atoms with Crippen LogP contribution in [0.1, 0.15) is 5.56 Å². The molecule has 5 aromatic rings. The van der Waals surface area contributed by atoms with Crippen molar-refractivity contribution in [2.75, 3.05) is 10.6 Å². The summed E-state index contributed by atoms with van der Waals surface area (Å²) in [5.74, 6) is 0.659. The van der Waals surface area contributed by atoms with E-state index < -0.39 is 0 Å². The van der Waals surface area contributed by atoms with Gasteiger partial charge in [-0.1, -0.05) is 72.8 Å². The van der Waals surface area contributed by atoms with Crippen LogP contribution in [0.4, 0.5) is 17.2 Å². The molecule has 5 rings (SSSR count). The monoisotopic (exact) mass is 430 g/mol. The van der Waals surface area contributed by atoms with Gasteiger partial charge in [0.2, 0.25) is 5.91 Å². The lowest BCUT2D eigenvalue weighted by molar-refractivity contribution is -0.115. The SMILES string of the molecule is O=C(Cc1cccc2ccccc12)Nc1ccc(Nc2cc(-c3ccccc3)ncn2)cc1. The summed E-state index contributed by atoms with van der Waals surface area (Å²) in [6.45, 7) is 0. The average molecular weight is 431 g/mol. The number of carbonyl (C=O) groups excluding carboxylic acids is 1. The maximum Gasteiger partial charge on any atom is 0.228 e. The minimum atomic E-state index is -0.0460. The van der Waals surface area contributed by atoms with Crippen molar-refractivity contribution in [1.82, 2.24) is 9.97 Å². The second-order valence-electron chi connectivity index (χ2n) is 7.72. The third kappa shape index (κ3) is 4.88. The molecule has 0 aliphatic rings. The molecule has 33 heavy (non-hydrogen) atoms. The predicted octanol–water partition coefficient (Wildman–Crippen LogP) is 6.22. The molecule has 5 heteroatoms. The maximum atomic E-state index is 12.6. The van der Waals surface area contributed by atoms with Crippen molar-refractivity contribution < 1.29 is 4.79 Å². The Morgan fingerprint density at radius 3 is 2.30 bits per heavy atom. The van der Waals surface area contributed by atoms with Crippen LogP contribution in [0.25, 0.3) is 22.0 Å². The number of rotatable bonds is 6. The molecule has 2 N–H and O–H groups in total. The molecule has 0 bridgehead atoms. The second kappa shape index (κ2) is 9.32. The fourth-order valence-electron chi connectivity index (χ4n) is 3.80. The van der Waals surface area contributed by atoms with Crippen molar-refractivity contribution in [3.63, 3.8) is 0 Å². The van der Waals surface area contributed by atoms with Gasteiger partial charge in [0.15, 0.2) is 0 Å². The van der Waals surface area contributed by atoms with Gasteiger partial charge in [-0.2, -0.15) is 0 Å². The minimum Gasteiger partial charge on any atom is -0.340 e. The van der Waals surface area contributed by atoms with Crippen molar-refractivity contribution in [2.24, 2.45) is 0 Å². The molecule has 0 atom stereocenters. The summed E-state index contributed by atoms with van der Waals surface area (Å²) in [4.78, 5) is 21.3. The predicted molar refractivity (Wildman–Crippen MR) is 133 cm³/mol. The number of carbonyl (C=O) groups is 1. The summed E-state index contributed by atoms with van der Waals surface area (Å²) in [7, 11) is 0. The zero-order valence-corrected chi connectivity index (χ0v) is 17.9. The van der Waals surface area contributed by atoms with Gasteiger partial charge in [0, 0.05) is 23.0 Å². The Morgan fingerprint density at radius 2 is 1.45 bits per heavy atom. The molecule has 0 unspecified atom stereocenters. The minimum absolute atomic E-state index is 0.0460. The Morgan fingerprint density at radius 1 is 0.727 bits per heavy atom. The third-order valence-corrected chi connectivity index (χ3v) is 5.41. The summed E-state index contributed by atoms with van der Waals surface area (Å²) in [5, 5.41) is 8.52. The normalized spacial score (nSPS) is 10.7. The van der Waals surface area contributed by atoms with Crippen LogP contribution in [0.5, 0.6) is 0 Å². The topological polar surface area (TPSA) is 66.9 Å². The van der Waals surface area contributed by atoms with Gasteiger partial charge in [0.1, 0.15) is 12.1 Å². The lowest BCUT2D eigenvalue weighted by atomic mass is 10.0. The van der Waals surface area contributed by atoms with E-state index in [2.05, 4.69) is 38.8 Å². The Kier molecular flexibility index (Phi) is 5.76. The number of amides is 1. The number of fused-ring (bicyclic) bond motifs is 1. The van der Waals surface area contributed by atoms with Crippen molar-refractivity contribution in [3.8, 4) is 11.3 Å². The van der Waals surface area contributed by atoms with Gasteiger partial charge in [-0.05, 0) is 40.6 Å². The highest BCUT2D eigenvalue weighted by Gasteiger charge is 2.08. The first-order valence-corrected chi connectivity index (χ1v) is 10.8. The molecule has 0 fully saturated rings. The fourth-order valence-corrected chi connectivity index (χ4v) is 3.80. The van der Waals surface area contributed by atoms with E-state index >= 15 is 0 Å². The summed E-state index contributed by atoms with van der Waals surface area (Å²) >= 11 is 0. The van der Waals surface area contributed by atoms with Crippen LogP contribution in [0, 0.1) is 0 Å². The Bertz CT molecular complexity index is 1390. The number of nitrogens with one attached hydrogen (secondary N) is 2. The van der Waals surface area contributed by atoms with Crippen LogP contribution in [0.2, 0.25) is 0 Å². The molecule has 5 nitrogen and oxygen atoms in total. The van der Waals surface area contributed by atoms with Gasteiger partial charge >= 0.3 is 0 Å². The third-order valence-electron chi connectivity index (χ3n) is 5.41. The van der Waals surface area contributed by atoms with E-state index in [1.54, 1.807) is 6.33 Å². The number of hydrogen-bond acceptors (Lipinski definition) is 4. The molecule has 1 heterocycles. The molecule has 0 saturated heterocycles. The zero-order valence-electron chi connectivity index (χ0n) is 17.9. The first kappa shape index (κ1) is 20.4. The first-order chi connectivity index (χ1) is 16.2. The molecule has 4 aromatic carbocycles. The van der Waals surface area contributed by atoms with Crippen LogP contribution in [0.15, 0.2) is 109 Å². The summed E-state index contributed by atoms with van der Waals surface area (Å²) in [6.07, 6.45) is 1.87. The molecule has 160 valence electrons. The number of nitrogens with zero attached hydrogens (tertiary/aromatic N) is 2. The van der Waals surface area contributed by atoms with E-state index in [4.69, 9.17) is 0 Å². The van der Waals surface area contributed by atoms with E-state index in [0.29, 0.717) is 12.2 Å². The van der Waals surface area contributed by atoms with Crippen molar-refractivity contribution in [1.29, 1.82) is 0 Å². The molecule has 0 radical (unpaired) electrons. The Labute approximate surface area is 192 Å². The van der Waals surface area contributed by atoms with E-state index in [0.717, 1.165) is 39.0 Å². The molecule has 1 amide bonds. The van der Waals surface area contributed by atoms with Gasteiger partial charge in [-0.25, -0.2) is 9.97 Å². The average Bonchev–Trinajstić information content (AvgIpc) is 2.86. The van der Waals surface area contributed by atoms with Crippen molar-refractivity contribution in [3.05, 3.63) is 115 Å². The molecule has 0 aliphatic heterocycles. The fraction of sp³-hybridized carbons (Fsp3) is 0.0357. The van der Waals surface area contributed by atoms with Crippen LogP contribution in [-0.2, 0) is 11.2 Å².